The van der Waals surface area contributed by atoms with Crippen LogP contribution in [0.5, 0.6) is 0 Å². The predicted molar refractivity (Wildman–Crippen MR) is 54.0 cm³/mol. The fourth-order valence-electron chi connectivity index (χ4n) is 1.68. The molecule has 15 heavy (non-hydrogen) atoms. The molecule has 1 atom stereocenters. The van der Waals surface area contributed by atoms with E-state index >= 15 is 0 Å². The molecule has 4 heteroatoms. The molecule has 0 spiro atoms. The van der Waals surface area contributed by atoms with Gasteiger partial charge in [-0.15, -0.1) is 0 Å². The van der Waals surface area contributed by atoms with Crippen LogP contribution in [0.3, 0.4) is 0 Å². The van der Waals surface area contributed by atoms with Crippen LogP contribution in [0.25, 0.3) is 0 Å². The van der Waals surface area contributed by atoms with Crippen LogP contribution in [0.1, 0.15) is 0 Å². The smallest absolute Gasteiger partial charge is 0.146 e. The van der Waals surface area contributed by atoms with E-state index in [-0.39, 0.29) is 5.82 Å². The number of nitrogens with zero attached hydrogens (tertiary/aromatic N) is 2. The Balaban J connectivity index is 2.29. The van der Waals surface area contributed by atoms with Gasteiger partial charge in [-0.05, 0) is 12.1 Å². The van der Waals surface area contributed by atoms with Crippen LogP contribution in [0.2, 0.25) is 0 Å². The SMILES string of the molecule is N#CC1COCCN1c1ccccc1F. The first kappa shape index (κ1) is 9.94. The molecule has 0 N–H and O–H groups in total. The number of ether oxygens (including phenoxy) is 1. The molecule has 3 nitrogen and oxygen atoms in total. The molecule has 1 heterocycles. The first-order valence-corrected chi connectivity index (χ1v) is 4.81. The molecule has 1 aromatic carbocycles. The molecule has 1 fully saturated rings. The average molecular weight is 206 g/mol. The number of hydrogen-bond donors (Lipinski definition) is 0. The van der Waals surface area contributed by atoms with Crippen LogP contribution in [-0.2, 0) is 4.74 Å². The Morgan fingerprint density at radius 1 is 1.47 bits per heavy atom. The Morgan fingerprint density at radius 2 is 2.27 bits per heavy atom. The highest BCUT2D eigenvalue weighted by Gasteiger charge is 2.24. The molecule has 1 aliphatic heterocycles. The van der Waals surface area contributed by atoms with Gasteiger partial charge in [0.25, 0.3) is 0 Å². The highest BCUT2D eigenvalue weighted by Crippen LogP contribution is 2.22. The molecule has 1 aliphatic rings. The summed E-state index contributed by atoms with van der Waals surface area (Å²) in [6.07, 6.45) is 0. The Bertz CT molecular complexity index is 388. The Morgan fingerprint density at radius 3 is 3.00 bits per heavy atom. The molecule has 1 unspecified atom stereocenters. The zero-order chi connectivity index (χ0) is 10.7. The van der Waals surface area contributed by atoms with Gasteiger partial charge in [-0.1, -0.05) is 12.1 Å². The topological polar surface area (TPSA) is 36.3 Å². The fourth-order valence-corrected chi connectivity index (χ4v) is 1.68. The van der Waals surface area contributed by atoms with Gasteiger partial charge in [-0.3, -0.25) is 0 Å². The lowest BCUT2D eigenvalue weighted by atomic mass is 10.2. The van der Waals surface area contributed by atoms with Gasteiger partial charge < -0.3 is 9.64 Å². The molecule has 1 aromatic rings. The van der Waals surface area contributed by atoms with E-state index in [9.17, 15) is 4.39 Å². The van der Waals surface area contributed by atoms with Crippen molar-refractivity contribution in [1.29, 1.82) is 5.26 Å². The summed E-state index contributed by atoms with van der Waals surface area (Å²) in [5.41, 5.74) is 0.479. The average Bonchev–Trinajstić information content (AvgIpc) is 2.30. The standard InChI is InChI=1S/C11H11FN2O/c12-10-3-1-2-4-11(10)14-5-6-15-8-9(14)7-13/h1-4,9H,5-6,8H2. The lowest BCUT2D eigenvalue weighted by Gasteiger charge is -2.33. The molecular weight excluding hydrogens is 195 g/mol. The number of morpholine rings is 1. The Hall–Kier alpha value is -1.60. The fraction of sp³-hybridized carbons (Fsp3) is 0.364. The maximum Gasteiger partial charge on any atom is 0.146 e. The molecule has 0 bridgehead atoms. The summed E-state index contributed by atoms with van der Waals surface area (Å²) in [6, 6.07) is 8.21. The van der Waals surface area contributed by atoms with Crippen molar-refractivity contribution >= 4 is 5.69 Å². The van der Waals surface area contributed by atoms with Crippen LogP contribution in [0.4, 0.5) is 10.1 Å². The number of anilines is 1. The van der Waals surface area contributed by atoms with Crippen molar-refractivity contribution < 1.29 is 9.13 Å². The number of rotatable bonds is 1. The van der Waals surface area contributed by atoms with E-state index in [1.54, 1.807) is 23.1 Å². The lowest BCUT2D eigenvalue weighted by molar-refractivity contribution is 0.107. The molecule has 2 rings (SSSR count). The number of hydrogen-bond acceptors (Lipinski definition) is 3. The first-order valence-electron chi connectivity index (χ1n) is 4.81. The third-order valence-corrected chi connectivity index (χ3v) is 2.44. The summed E-state index contributed by atoms with van der Waals surface area (Å²) < 4.78 is 18.7. The molecule has 0 saturated carbocycles. The minimum atomic E-state index is -0.393. The van der Waals surface area contributed by atoms with Gasteiger partial charge in [0.05, 0.1) is 25.0 Å². The zero-order valence-electron chi connectivity index (χ0n) is 8.19. The van der Waals surface area contributed by atoms with Crippen LogP contribution in [0.15, 0.2) is 24.3 Å². The van der Waals surface area contributed by atoms with Crippen molar-refractivity contribution in [3.63, 3.8) is 0 Å². The normalized spacial score (nSPS) is 21.1. The second-order valence-corrected chi connectivity index (χ2v) is 3.36. The van der Waals surface area contributed by atoms with E-state index in [1.165, 1.54) is 6.07 Å². The van der Waals surface area contributed by atoms with Crippen molar-refractivity contribution in [2.45, 2.75) is 6.04 Å². The van der Waals surface area contributed by atoms with Gasteiger partial charge in [0.1, 0.15) is 11.9 Å². The molecule has 0 aromatic heterocycles. The third-order valence-electron chi connectivity index (χ3n) is 2.44. The highest BCUT2D eigenvalue weighted by atomic mass is 19.1. The summed E-state index contributed by atoms with van der Waals surface area (Å²) in [7, 11) is 0. The van der Waals surface area contributed by atoms with E-state index in [1.807, 2.05) is 0 Å². The molecule has 1 saturated heterocycles. The summed E-state index contributed by atoms with van der Waals surface area (Å²) in [5, 5.41) is 8.92. The highest BCUT2D eigenvalue weighted by molar-refractivity contribution is 5.50. The summed E-state index contributed by atoms with van der Waals surface area (Å²) >= 11 is 0. The van der Waals surface area contributed by atoms with E-state index in [0.717, 1.165) is 0 Å². The van der Waals surface area contributed by atoms with Crippen molar-refractivity contribution in [1.82, 2.24) is 0 Å². The predicted octanol–water partition coefficient (Wildman–Crippen LogP) is 1.55. The van der Waals surface area contributed by atoms with Gasteiger partial charge in [-0.2, -0.15) is 5.26 Å². The molecule has 0 amide bonds. The number of para-hydroxylation sites is 1. The second kappa shape index (κ2) is 4.28. The van der Waals surface area contributed by atoms with Crippen LogP contribution >= 0.6 is 0 Å². The minimum Gasteiger partial charge on any atom is -0.376 e. The Kier molecular flexibility index (Phi) is 2.84. The van der Waals surface area contributed by atoms with E-state index < -0.39 is 6.04 Å². The third kappa shape index (κ3) is 1.92. The maximum absolute atomic E-state index is 13.5. The summed E-state index contributed by atoms with van der Waals surface area (Å²) in [5.74, 6) is -0.292. The van der Waals surface area contributed by atoms with E-state index in [4.69, 9.17) is 10.00 Å². The molecule has 0 radical (unpaired) electrons. The molecule has 78 valence electrons. The van der Waals surface area contributed by atoms with Gasteiger partial charge in [0.2, 0.25) is 0 Å². The molecule has 0 aliphatic carbocycles. The Labute approximate surface area is 87.7 Å². The van der Waals surface area contributed by atoms with Crippen LogP contribution in [0, 0.1) is 17.1 Å². The maximum atomic E-state index is 13.5. The minimum absolute atomic E-state index is 0.292. The van der Waals surface area contributed by atoms with Crippen LogP contribution < -0.4 is 4.90 Å². The monoisotopic (exact) mass is 206 g/mol. The largest absolute Gasteiger partial charge is 0.376 e. The van der Waals surface area contributed by atoms with Crippen molar-refractivity contribution in [3.8, 4) is 6.07 Å². The molecular formula is C11H11FN2O. The summed E-state index contributed by atoms with van der Waals surface area (Å²) in [4.78, 5) is 1.75. The van der Waals surface area contributed by atoms with Crippen molar-refractivity contribution in [2.75, 3.05) is 24.7 Å². The number of nitriles is 1. The second-order valence-electron chi connectivity index (χ2n) is 3.36. The first-order chi connectivity index (χ1) is 7.33. The number of halogens is 1. The van der Waals surface area contributed by atoms with Gasteiger partial charge >= 0.3 is 0 Å². The van der Waals surface area contributed by atoms with E-state index in [0.29, 0.717) is 25.4 Å². The van der Waals surface area contributed by atoms with Gasteiger partial charge in [-0.25, -0.2) is 4.39 Å². The zero-order valence-corrected chi connectivity index (χ0v) is 8.19. The van der Waals surface area contributed by atoms with E-state index in [2.05, 4.69) is 6.07 Å². The van der Waals surface area contributed by atoms with Gasteiger partial charge in [0, 0.05) is 6.54 Å². The lowest BCUT2D eigenvalue weighted by Crippen LogP contribution is -2.45. The summed E-state index contributed by atoms with van der Waals surface area (Å²) in [6.45, 7) is 1.43. The number of benzene rings is 1. The quantitative estimate of drug-likeness (QED) is 0.699. The van der Waals surface area contributed by atoms with Crippen molar-refractivity contribution in [2.24, 2.45) is 0 Å². The van der Waals surface area contributed by atoms with Crippen LogP contribution in [-0.4, -0.2) is 25.8 Å². The van der Waals surface area contributed by atoms with Crippen molar-refractivity contribution in [3.05, 3.63) is 30.1 Å². The van der Waals surface area contributed by atoms with Gasteiger partial charge in [0.15, 0.2) is 0 Å².